The number of imide groups is 1. The maximum Gasteiger partial charge on any atom is 0.342 e. The number of hydrazine groups is 1. The van der Waals surface area contributed by atoms with E-state index in [0.29, 0.717) is 12.1 Å². The minimum atomic E-state index is -0.542. The van der Waals surface area contributed by atoms with E-state index in [1.165, 1.54) is 21.2 Å². The molecular formula is C25H24N6O3. The van der Waals surface area contributed by atoms with Crippen LogP contribution in [0, 0.1) is 0 Å². The highest BCUT2D eigenvalue weighted by Gasteiger charge is 2.36. The van der Waals surface area contributed by atoms with Gasteiger partial charge in [-0.05, 0) is 41.3 Å². The fraction of sp³-hybridized carbons (Fsp3) is 0.280. The molecule has 4 amide bonds. The molecule has 5 heterocycles. The van der Waals surface area contributed by atoms with Crippen molar-refractivity contribution >= 4 is 34.5 Å². The molecule has 2 aromatic heterocycles. The van der Waals surface area contributed by atoms with Crippen molar-refractivity contribution in [1.82, 2.24) is 30.2 Å². The number of rotatable bonds is 4. The lowest BCUT2D eigenvalue weighted by molar-refractivity contribution is -0.123. The Labute approximate surface area is 196 Å². The molecule has 9 nitrogen and oxygen atoms in total. The zero-order chi connectivity index (χ0) is 23.2. The van der Waals surface area contributed by atoms with E-state index in [1.807, 2.05) is 24.4 Å². The first kappa shape index (κ1) is 20.6. The van der Waals surface area contributed by atoms with Crippen molar-refractivity contribution in [3.8, 4) is 0 Å². The molecule has 34 heavy (non-hydrogen) atoms. The fourth-order valence-corrected chi connectivity index (χ4v) is 5.02. The van der Waals surface area contributed by atoms with Gasteiger partial charge in [-0.25, -0.2) is 19.8 Å². The summed E-state index contributed by atoms with van der Waals surface area (Å²) in [6.45, 7) is 3.14. The van der Waals surface area contributed by atoms with Gasteiger partial charge in [-0.3, -0.25) is 19.8 Å². The van der Waals surface area contributed by atoms with Crippen LogP contribution in [0.2, 0.25) is 0 Å². The zero-order valence-corrected chi connectivity index (χ0v) is 18.6. The first-order chi connectivity index (χ1) is 16.6. The zero-order valence-electron chi connectivity index (χ0n) is 18.6. The Morgan fingerprint density at radius 2 is 1.91 bits per heavy atom. The summed E-state index contributed by atoms with van der Waals surface area (Å²) in [4.78, 5) is 46.5. The second-order valence-corrected chi connectivity index (χ2v) is 8.90. The standard InChI is InChI=1S/C25H24N6O3/c32-22-7-11-30(25(34)28-22)31-15-18-12-16(3-4-19(18)24(31)33)14-29-9-5-17(6-10-29)21-13-27-23-20(21)2-1-8-26-23/h1-5,8,12-13H,6-7,9-11,14-15H2,(H,26,27)(H,28,32,34). The van der Waals surface area contributed by atoms with E-state index in [9.17, 15) is 14.4 Å². The van der Waals surface area contributed by atoms with Gasteiger partial charge in [-0.1, -0.05) is 18.2 Å². The average Bonchev–Trinajstić information content (AvgIpc) is 3.41. The van der Waals surface area contributed by atoms with Crippen LogP contribution in [-0.4, -0.2) is 62.4 Å². The molecule has 0 saturated carbocycles. The number of H-pyrrole nitrogens is 1. The van der Waals surface area contributed by atoms with Crippen molar-refractivity contribution in [2.45, 2.75) is 25.9 Å². The van der Waals surface area contributed by atoms with Crippen LogP contribution in [0.25, 0.3) is 16.6 Å². The number of carbonyl (C=O) groups excluding carboxylic acids is 3. The van der Waals surface area contributed by atoms with Crippen molar-refractivity contribution in [2.24, 2.45) is 0 Å². The molecule has 3 aromatic rings. The molecule has 2 N–H and O–H groups in total. The second kappa shape index (κ2) is 8.11. The van der Waals surface area contributed by atoms with E-state index in [4.69, 9.17) is 0 Å². The van der Waals surface area contributed by atoms with Gasteiger partial charge in [0.1, 0.15) is 5.65 Å². The molecule has 3 aliphatic heterocycles. The Hall–Kier alpha value is -3.98. The maximum absolute atomic E-state index is 12.9. The molecule has 0 atom stereocenters. The molecule has 0 spiro atoms. The van der Waals surface area contributed by atoms with Gasteiger partial charge in [0.25, 0.3) is 5.91 Å². The molecule has 0 aliphatic carbocycles. The highest BCUT2D eigenvalue weighted by molar-refractivity contribution is 6.02. The smallest absolute Gasteiger partial charge is 0.342 e. The van der Waals surface area contributed by atoms with Crippen LogP contribution in [0.1, 0.15) is 39.9 Å². The summed E-state index contributed by atoms with van der Waals surface area (Å²) < 4.78 is 0. The van der Waals surface area contributed by atoms with Crippen molar-refractivity contribution in [2.75, 3.05) is 19.6 Å². The largest absolute Gasteiger partial charge is 0.346 e. The second-order valence-electron chi connectivity index (χ2n) is 8.90. The van der Waals surface area contributed by atoms with Gasteiger partial charge < -0.3 is 4.98 Å². The lowest BCUT2D eigenvalue weighted by Gasteiger charge is -2.33. The van der Waals surface area contributed by atoms with Crippen LogP contribution in [0.4, 0.5) is 4.79 Å². The van der Waals surface area contributed by atoms with Crippen molar-refractivity contribution in [1.29, 1.82) is 0 Å². The first-order valence-electron chi connectivity index (χ1n) is 11.5. The summed E-state index contributed by atoms with van der Waals surface area (Å²) in [6, 6.07) is 9.42. The van der Waals surface area contributed by atoms with Gasteiger partial charge in [-0.15, -0.1) is 0 Å². The number of fused-ring (bicyclic) bond motifs is 2. The number of amides is 4. The first-order valence-corrected chi connectivity index (χ1v) is 11.5. The van der Waals surface area contributed by atoms with E-state index < -0.39 is 6.03 Å². The van der Waals surface area contributed by atoms with Gasteiger partial charge in [0.2, 0.25) is 5.91 Å². The van der Waals surface area contributed by atoms with E-state index in [-0.39, 0.29) is 24.8 Å². The third-order valence-corrected chi connectivity index (χ3v) is 6.77. The Kier molecular flexibility index (Phi) is 4.91. The molecule has 1 aromatic carbocycles. The Morgan fingerprint density at radius 3 is 2.74 bits per heavy atom. The van der Waals surface area contributed by atoms with Gasteiger partial charge in [0.05, 0.1) is 13.1 Å². The van der Waals surface area contributed by atoms with Crippen LogP contribution in [-0.2, 0) is 17.9 Å². The number of hydrogen-bond acceptors (Lipinski definition) is 5. The fourth-order valence-electron chi connectivity index (χ4n) is 5.02. The Bertz CT molecular complexity index is 1360. The SMILES string of the molecule is O=C1CCN(N2Cc3cc(CN4CC=C(c5c[nH]c6ncccc56)CC4)ccc3C2=O)C(=O)N1. The minimum Gasteiger partial charge on any atom is -0.346 e. The number of aromatic nitrogens is 2. The van der Waals surface area contributed by atoms with E-state index >= 15 is 0 Å². The predicted octanol–water partition coefficient (Wildman–Crippen LogP) is 2.66. The van der Waals surface area contributed by atoms with Crippen LogP contribution in [0.15, 0.2) is 48.8 Å². The van der Waals surface area contributed by atoms with Crippen LogP contribution in [0.3, 0.4) is 0 Å². The molecule has 1 saturated heterocycles. The Balaban J connectivity index is 1.14. The third-order valence-electron chi connectivity index (χ3n) is 6.77. The predicted molar refractivity (Wildman–Crippen MR) is 125 cm³/mol. The maximum atomic E-state index is 12.9. The molecule has 0 bridgehead atoms. The minimum absolute atomic E-state index is 0.191. The number of hydrogen-bond donors (Lipinski definition) is 2. The normalized spacial score (nSPS) is 18.9. The highest BCUT2D eigenvalue weighted by Crippen LogP contribution is 2.30. The van der Waals surface area contributed by atoms with Crippen LogP contribution in [0.5, 0.6) is 0 Å². The van der Waals surface area contributed by atoms with Gasteiger partial charge >= 0.3 is 6.03 Å². The highest BCUT2D eigenvalue weighted by atomic mass is 16.2. The molecular weight excluding hydrogens is 432 g/mol. The molecule has 0 radical (unpaired) electrons. The number of aromatic amines is 1. The van der Waals surface area contributed by atoms with Gasteiger partial charge in [0, 0.05) is 55.0 Å². The van der Waals surface area contributed by atoms with E-state index in [0.717, 1.165) is 48.2 Å². The summed E-state index contributed by atoms with van der Waals surface area (Å²) in [5, 5.41) is 6.20. The molecule has 6 rings (SSSR count). The summed E-state index contributed by atoms with van der Waals surface area (Å²) in [6.07, 6.45) is 7.28. The monoisotopic (exact) mass is 456 g/mol. The average molecular weight is 457 g/mol. The number of nitrogens with one attached hydrogen (secondary N) is 2. The van der Waals surface area contributed by atoms with Crippen molar-refractivity contribution in [3.05, 3.63) is 71.1 Å². The molecule has 172 valence electrons. The molecule has 0 unspecified atom stereocenters. The van der Waals surface area contributed by atoms with Crippen LogP contribution < -0.4 is 5.32 Å². The van der Waals surface area contributed by atoms with E-state index in [2.05, 4.69) is 38.4 Å². The summed E-state index contributed by atoms with van der Waals surface area (Å²) >= 11 is 0. The molecule has 1 fully saturated rings. The van der Waals surface area contributed by atoms with Gasteiger partial charge in [-0.2, -0.15) is 0 Å². The topological polar surface area (TPSA) is 102 Å². The lowest BCUT2D eigenvalue weighted by atomic mass is 9.99. The van der Waals surface area contributed by atoms with Crippen LogP contribution >= 0.6 is 0 Å². The summed E-state index contributed by atoms with van der Waals surface area (Å²) in [5.41, 5.74) is 6.14. The quantitative estimate of drug-likeness (QED) is 0.629. The number of pyridine rings is 1. The van der Waals surface area contributed by atoms with Crippen molar-refractivity contribution < 1.29 is 14.4 Å². The summed E-state index contributed by atoms with van der Waals surface area (Å²) in [7, 11) is 0. The summed E-state index contributed by atoms with van der Waals surface area (Å²) in [5.74, 6) is -0.516. The molecule has 9 heteroatoms. The third kappa shape index (κ3) is 3.54. The number of nitrogens with zero attached hydrogens (tertiary/aromatic N) is 4. The van der Waals surface area contributed by atoms with Gasteiger partial charge in [0.15, 0.2) is 0 Å². The number of urea groups is 1. The number of carbonyl (C=O) groups is 3. The lowest BCUT2D eigenvalue weighted by Crippen LogP contribution is -2.56. The molecule has 3 aliphatic rings. The number of benzene rings is 1. The van der Waals surface area contributed by atoms with E-state index in [1.54, 1.807) is 6.20 Å². The van der Waals surface area contributed by atoms with Crippen molar-refractivity contribution in [3.63, 3.8) is 0 Å². The Morgan fingerprint density at radius 1 is 1.00 bits per heavy atom.